The maximum atomic E-state index is 4.68. The second-order valence-electron chi connectivity index (χ2n) is 6.15. The number of thiazole rings is 1. The molecule has 8 heteroatoms. The van der Waals surface area contributed by atoms with Gasteiger partial charge in [-0.25, -0.2) is 15.0 Å². The van der Waals surface area contributed by atoms with Gasteiger partial charge in [0.2, 0.25) is 0 Å². The van der Waals surface area contributed by atoms with Crippen LogP contribution in [0.4, 0.5) is 5.82 Å². The van der Waals surface area contributed by atoms with E-state index in [2.05, 4.69) is 50.4 Å². The van der Waals surface area contributed by atoms with Crippen molar-refractivity contribution < 1.29 is 0 Å². The van der Waals surface area contributed by atoms with E-state index in [0.717, 1.165) is 49.3 Å². The Bertz CT molecular complexity index is 682. The van der Waals surface area contributed by atoms with Gasteiger partial charge in [0, 0.05) is 42.9 Å². The largest absolute Gasteiger partial charge is 0.357 e. The smallest absolute Gasteiger partial charge is 0.191 e. The van der Waals surface area contributed by atoms with Gasteiger partial charge in [-0.05, 0) is 38.8 Å². The van der Waals surface area contributed by atoms with Crippen LogP contribution in [0, 0.1) is 6.92 Å². The predicted molar refractivity (Wildman–Crippen MR) is 120 cm³/mol. The van der Waals surface area contributed by atoms with Crippen LogP contribution in [-0.4, -0.2) is 41.6 Å². The maximum absolute atomic E-state index is 4.68. The van der Waals surface area contributed by atoms with Crippen LogP contribution < -0.4 is 15.5 Å². The molecule has 6 nitrogen and oxygen atoms in total. The first kappa shape index (κ1) is 20.9. The normalized spacial score (nSPS) is 15.5. The van der Waals surface area contributed by atoms with Gasteiger partial charge in [0.15, 0.2) is 5.96 Å². The van der Waals surface area contributed by atoms with E-state index in [0.29, 0.717) is 12.6 Å². The van der Waals surface area contributed by atoms with E-state index in [-0.39, 0.29) is 24.0 Å². The molecule has 142 valence electrons. The Hall–Kier alpha value is -1.42. The highest BCUT2D eigenvalue weighted by Crippen LogP contribution is 2.17. The summed E-state index contributed by atoms with van der Waals surface area (Å²) in [6.07, 6.45) is 5.92. The zero-order valence-corrected chi connectivity index (χ0v) is 18.5. The van der Waals surface area contributed by atoms with Crippen LogP contribution in [0.3, 0.4) is 0 Å². The second kappa shape index (κ2) is 10.7. The SMILES string of the molecule is CCNC(=NCc1ncc(C)s1)NC1CCN(c2ccccn2)CC1.I. The summed E-state index contributed by atoms with van der Waals surface area (Å²) < 4.78 is 0. The number of guanidine groups is 1. The van der Waals surface area contributed by atoms with Gasteiger partial charge in [-0.2, -0.15) is 0 Å². The average molecular weight is 486 g/mol. The molecule has 1 aliphatic heterocycles. The lowest BCUT2D eigenvalue weighted by Gasteiger charge is -2.33. The molecule has 0 aliphatic carbocycles. The minimum atomic E-state index is 0. The van der Waals surface area contributed by atoms with Crippen molar-refractivity contribution in [2.24, 2.45) is 4.99 Å². The molecule has 0 spiro atoms. The number of nitrogens with one attached hydrogen (secondary N) is 2. The quantitative estimate of drug-likeness (QED) is 0.386. The molecule has 1 saturated heterocycles. The fourth-order valence-electron chi connectivity index (χ4n) is 2.93. The number of aromatic nitrogens is 2. The number of aliphatic imine (C=N–C) groups is 1. The van der Waals surface area contributed by atoms with E-state index in [4.69, 9.17) is 0 Å². The molecule has 1 fully saturated rings. The zero-order chi connectivity index (χ0) is 17.5. The first-order valence-electron chi connectivity index (χ1n) is 8.86. The van der Waals surface area contributed by atoms with Gasteiger partial charge in [0.1, 0.15) is 10.8 Å². The lowest BCUT2D eigenvalue weighted by molar-refractivity contribution is 0.459. The van der Waals surface area contributed by atoms with Crippen molar-refractivity contribution in [1.82, 2.24) is 20.6 Å². The van der Waals surface area contributed by atoms with Crippen molar-refractivity contribution in [3.63, 3.8) is 0 Å². The molecule has 2 aromatic rings. The summed E-state index contributed by atoms with van der Waals surface area (Å²) in [4.78, 5) is 17.1. The molecule has 0 radical (unpaired) electrons. The van der Waals surface area contributed by atoms with Gasteiger partial charge in [-0.3, -0.25) is 0 Å². The standard InChI is InChI=1S/C18H26N6S.HI/c1-3-19-18(22-13-17-21-12-14(2)25-17)23-15-7-10-24(11-8-15)16-6-4-5-9-20-16;/h4-6,9,12,15H,3,7-8,10-11,13H2,1-2H3,(H2,19,22,23);1H. The Morgan fingerprint density at radius 3 is 2.73 bits per heavy atom. The van der Waals surface area contributed by atoms with Crippen molar-refractivity contribution in [2.75, 3.05) is 24.5 Å². The molecule has 2 aromatic heterocycles. The average Bonchev–Trinajstić information content (AvgIpc) is 3.07. The Labute approximate surface area is 176 Å². The molecular weight excluding hydrogens is 459 g/mol. The third kappa shape index (κ3) is 6.08. The van der Waals surface area contributed by atoms with E-state index in [1.165, 1.54) is 4.88 Å². The Morgan fingerprint density at radius 2 is 2.12 bits per heavy atom. The number of pyridine rings is 1. The minimum absolute atomic E-state index is 0. The Kier molecular flexibility index (Phi) is 8.56. The van der Waals surface area contributed by atoms with E-state index < -0.39 is 0 Å². The summed E-state index contributed by atoms with van der Waals surface area (Å²) >= 11 is 1.70. The fourth-order valence-corrected chi connectivity index (χ4v) is 3.64. The van der Waals surface area contributed by atoms with Gasteiger partial charge in [0.05, 0.1) is 6.54 Å². The number of hydrogen-bond donors (Lipinski definition) is 2. The topological polar surface area (TPSA) is 65.4 Å². The summed E-state index contributed by atoms with van der Waals surface area (Å²) in [7, 11) is 0. The van der Waals surface area contributed by atoms with Gasteiger partial charge < -0.3 is 15.5 Å². The number of rotatable bonds is 5. The summed E-state index contributed by atoms with van der Waals surface area (Å²) in [5.41, 5.74) is 0. The Morgan fingerprint density at radius 1 is 1.31 bits per heavy atom. The molecule has 0 unspecified atom stereocenters. The van der Waals surface area contributed by atoms with Crippen LogP contribution in [0.15, 0.2) is 35.6 Å². The second-order valence-corrected chi connectivity index (χ2v) is 7.47. The first-order valence-corrected chi connectivity index (χ1v) is 9.68. The zero-order valence-electron chi connectivity index (χ0n) is 15.3. The molecule has 0 atom stereocenters. The van der Waals surface area contributed by atoms with E-state index >= 15 is 0 Å². The third-order valence-corrected chi connectivity index (χ3v) is 5.09. The molecule has 0 aromatic carbocycles. The summed E-state index contributed by atoms with van der Waals surface area (Å²) in [6.45, 7) is 7.67. The highest BCUT2D eigenvalue weighted by Gasteiger charge is 2.20. The molecule has 3 rings (SSSR count). The lowest BCUT2D eigenvalue weighted by atomic mass is 10.1. The lowest BCUT2D eigenvalue weighted by Crippen LogP contribution is -2.48. The molecular formula is C18H27IN6S. The molecule has 26 heavy (non-hydrogen) atoms. The number of anilines is 1. The van der Waals surface area contributed by atoms with Crippen LogP contribution >= 0.6 is 35.3 Å². The van der Waals surface area contributed by atoms with Gasteiger partial charge >= 0.3 is 0 Å². The van der Waals surface area contributed by atoms with E-state index in [9.17, 15) is 0 Å². The van der Waals surface area contributed by atoms with Gasteiger partial charge in [-0.1, -0.05) is 6.07 Å². The predicted octanol–water partition coefficient (Wildman–Crippen LogP) is 3.19. The van der Waals surface area contributed by atoms with Gasteiger partial charge in [0.25, 0.3) is 0 Å². The highest BCUT2D eigenvalue weighted by atomic mass is 127. The first-order chi connectivity index (χ1) is 12.2. The number of aryl methyl sites for hydroxylation is 1. The molecule has 0 bridgehead atoms. The molecule has 0 amide bonds. The van der Waals surface area contributed by atoms with Crippen LogP contribution in [0.1, 0.15) is 29.7 Å². The van der Waals surface area contributed by atoms with Crippen LogP contribution in [-0.2, 0) is 6.54 Å². The van der Waals surface area contributed by atoms with E-state index in [1.54, 1.807) is 11.3 Å². The van der Waals surface area contributed by atoms with Crippen LogP contribution in [0.5, 0.6) is 0 Å². The van der Waals surface area contributed by atoms with Crippen molar-refractivity contribution in [3.05, 3.63) is 40.5 Å². The fraction of sp³-hybridized carbons (Fsp3) is 0.500. The number of nitrogens with zero attached hydrogens (tertiary/aromatic N) is 4. The third-order valence-electron chi connectivity index (χ3n) is 4.19. The van der Waals surface area contributed by atoms with E-state index in [1.807, 2.05) is 24.5 Å². The van der Waals surface area contributed by atoms with Gasteiger partial charge in [-0.15, -0.1) is 35.3 Å². The number of halogens is 1. The van der Waals surface area contributed by atoms with Crippen molar-refractivity contribution >= 4 is 47.1 Å². The molecule has 3 heterocycles. The number of hydrogen-bond acceptors (Lipinski definition) is 5. The molecule has 1 aliphatic rings. The van der Waals surface area contributed by atoms with Crippen molar-refractivity contribution in [2.45, 2.75) is 39.3 Å². The minimum Gasteiger partial charge on any atom is -0.357 e. The van der Waals surface area contributed by atoms with Crippen molar-refractivity contribution in [1.29, 1.82) is 0 Å². The monoisotopic (exact) mass is 486 g/mol. The van der Waals surface area contributed by atoms with Crippen LogP contribution in [0.2, 0.25) is 0 Å². The van der Waals surface area contributed by atoms with Crippen LogP contribution in [0.25, 0.3) is 0 Å². The Balaban J connectivity index is 0.00000243. The summed E-state index contributed by atoms with van der Waals surface area (Å²) in [6, 6.07) is 6.52. The summed E-state index contributed by atoms with van der Waals surface area (Å²) in [5.74, 6) is 1.95. The maximum Gasteiger partial charge on any atom is 0.191 e. The highest BCUT2D eigenvalue weighted by molar-refractivity contribution is 14.0. The summed E-state index contributed by atoms with van der Waals surface area (Å²) in [5, 5.41) is 7.97. The molecule has 2 N–H and O–H groups in total. The molecule has 0 saturated carbocycles. The number of piperidine rings is 1. The van der Waals surface area contributed by atoms with Crippen molar-refractivity contribution in [3.8, 4) is 0 Å².